The van der Waals surface area contributed by atoms with Crippen LogP contribution in [0, 0.1) is 5.82 Å². The quantitative estimate of drug-likeness (QED) is 0.849. The van der Waals surface area contributed by atoms with E-state index in [0.717, 1.165) is 6.54 Å². The van der Waals surface area contributed by atoms with Gasteiger partial charge in [-0.3, -0.25) is 4.79 Å². The number of amides is 1. The first-order valence-electron chi connectivity index (χ1n) is 5.99. The second-order valence-corrected chi connectivity index (χ2v) is 5.12. The van der Waals surface area contributed by atoms with Crippen molar-refractivity contribution in [1.82, 2.24) is 10.2 Å². The Morgan fingerprint density at radius 2 is 2.22 bits per heavy atom. The maximum absolute atomic E-state index is 13.8. The van der Waals surface area contributed by atoms with E-state index in [-0.39, 0.29) is 28.6 Å². The van der Waals surface area contributed by atoms with Gasteiger partial charge in [-0.05, 0) is 26.0 Å². The third kappa shape index (κ3) is 2.49. The second kappa shape index (κ2) is 5.24. The molecule has 5 heteroatoms. The number of carbonyl (C=O) groups is 1. The van der Waals surface area contributed by atoms with Crippen molar-refractivity contribution >= 4 is 17.5 Å². The van der Waals surface area contributed by atoms with E-state index >= 15 is 0 Å². The molecule has 1 fully saturated rings. The van der Waals surface area contributed by atoms with Gasteiger partial charge in [-0.2, -0.15) is 0 Å². The first-order chi connectivity index (χ1) is 8.50. The summed E-state index contributed by atoms with van der Waals surface area (Å²) in [5.41, 5.74) is 0.0449. The van der Waals surface area contributed by atoms with Crippen LogP contribution in [0.15, 0.2) is 18.2 Å². The lowest BCUT2D eigenvalue weighted by Crippen LogP contribution is -2.56. The number of halogens is 2. The molecule has 0 bridgehead atoms. The Balaban J connectivity index is 2.27. The van der Waals surface area contributed by atoms with E-state index in [9.17, 15) is 9.18 Å². The lowest BCUT2D eigenvalue weighted by atomic mass is 10.1. The van der Waals surface area contributed by atoms with Crippen LogP contribution in [0.2, 0.25) is 5.02 Å². The van der Waals surface area contributed by atoms with Gasteiger partial charge in [-0.25, -0.2) is 4.39 Å². The van der Waals surface area contributed by atoms with Crippen molar-refractivity contribution in [3.8, 4) is 0 Å². The van der Waals surface area contributed by atoms with Gasteiger partial charge >= 0.3 is 0 Å². The first kappa shape index (κ1) is 13.3. The Morgan fingerprint density at radius 3 is 2.94 bits per heavy atom. The van der Waals surface area contributed by atoms with Crippen LogP contribution >= 0.6 is 11.6 Å². The summed E-state index contributed by atoms with van der Waals surface area (Å²) in [6.07, 6.45) is 0. The maximum atomic E-state index is 13.8. The van der Waals surface area contributed by atoms with Crippen LogP contribution in [-0.4, -0.2) is 36.0 Å². The van der Waals surface area contributed by atoms with E-state index < -0.39 is 5.82 Å². The molecule has 0 saturated carbocycles. The van der Waals surface area contributed by atoms with Gasteiger partial charge in [0.1, 0.15) is 0 Å². The molecular formula is C13H16ClFN2O. The molecule has 1 amide bonds. The van der Waals surface area contributed by atoms with Crippen LogP contribution < -0.4 is 5.32 Å². The van der Waals surface area contributed by atoms with Gasteiger partial charge in [-0.15, -0.1) is 0 Å². The number of carbonyl (C=O) groups excluding carboxylic acids is 1. The number of nitrogens with zero attached hydrogens (tertiary/aromatic N) is 1. The van der Waals surface area contributed by atoms with Crippen LogP contribution in [0.1, 0.15) is 24.2 Å². The van der Waals surface area contributed by atoms with Gasteiger partial charge < -0.3 is 10.2 Å². The molecule has 1 aromatic carbocycles. The molecule has 2 rings (SSSR count). The number of rotatable bonds is 1. The molecule has 98 valence electrons. The molecule has 1 heterocycles. The van der Waals surface area contributed by atoms with E-state index in [1.807, 2.05) is 13.8 Å². The molecule has 0 radical (unpaired) electrons. The summed E-state index contributed by atoms with van der Waals surface area (Å²) in [5, 5.41) is 3.26. The number of benzene rings is 1. The van der Waals surface area contributed by atoms with Crippen LogP contribution in [0.4, 0.5) is 4.39 Å². The predicted molar refractivity (Wildman–Crippen MR) is 69.4 cm³/mol. The van der Waals surface area contributed by atoms with Gasteiger partial charge in [-0.1, -0.05) is 17.7 Å². The van der Waals surface area contributed by atoms with Gasteiger partial charge in [0.05, 0.1) is 10.6 Å². The molecule has 18 heavy (non-hydrogen) atoms. The number of piperazine rings is 1. The molecule has 1 aromatic rings. The molecule has 0 aliphatic carbocycles. The van der Waals surface area contributed by atoms with Gasteiger partial charge in [0.2, 0.25) is 0 Å². The van der Waals surface area contributed by atoms with Crippen molar-refractivity contribution in [1.29, 1.82) is 0 Å². The van der Waals surface area contributed by atoms with Crippen LogP contribution in [0.5, 0.6) is 0 Å². The van der Waals surface area contributed by atoms with Crippen molar-refractivity contribution in [3.05, 3.63) is 34.6 Å². The highest BCUT2D eigenvalue weighted by Gasteiger charge is 2.29. The molecule has 1 N–H and O–H groups in total. The minimum absolute atomic E-state index is 0.0170. The fourth-order valence-electron chi connectivity index (χ4n) is 2.13. The molecule has 1 saturated heterocycles. The summed E-state index contributed by atoms with van der Waals surface area (Å²) in [6.45, 7) is 5.24. The zero-order chi connectivity index (χ0) is 13.3. The fourth-order valence-corrected chi connectivity index (χ4v) is 2.30. The SMILES string of the molecule is CC1CN(C(=O)c2cccc(Cl)c2F)C(C)CN1. The smallest absolute Gasteiger partial charge is 0.257 e. The van der Waals surface area contributed by atoms with E-state index in [1.54, 1.807) is 11.0 Å². The molecule has 1 aliphatic rings. The zero-order valence-electron chi connectivity index (χ0n) is 10.4. The van der Waals surface area contributed by atoms with Crippen molar-refractivity contribution < 1.29 is 9.18 Å². The lowest BCUT2D eigenvalue weighted by molar-refractivity contribution is 0.0611. The number of hydrogen-bond acceptors (Lipinski definition) is 2. The number of hydrogen-bond donors (Lipinski definition) is 1. The Bertz CT molecular complexity index is 466. The monoisotopic (exact) mass is 270 g/mol. The predicted octanol–water partition coefficient (Wildman–Crippen LogP) is 2.30. The van der Waals surface area contributed by atoms with Gasteiger partial charge in [0, 0.05) is 25.2 Å². The third-order valence-electron chi connectivity index (χ3n) is 3.21. The highest BCUT2D eigenvalue weighted by molar-refractivity contribution is 6.31. The Morgan fingerprint density at radius 1 is 1.50 bits per heavy atom. The largest absolute Gasteiger partial charge is 0.333 e. The molecule has 0 spiro atoms. The van der Waals surface area contributed by atoms with Crippen molar-refractivity contribution in [2.75, 3.05) is 13.1 Å². The van der Waals surface area contributed by atoms with Crippen LogP contribution in [0.3, 0.4) is 0 Å². The highest BCUT2D eigenvalue weighted by atomic mass is 35.5. The third-order valence-corrected chi connectivity index (χ3v) is 3.50. The summed E-state index contributed by atoms with van der Waals surface area (Å²) in [5.74, 6) is -0.932. The minimum Gasteiger partial charge on any atom is -0.333 e. The molecule has 2 atom stereocenters. The second-order valence-electron chi connectivity index (χ2n) is 4.72. The highest BCUT2D eigenvalue weighted by Crippen LogP contribution is 2.21. The minimum atomic E-state index is -0.637. The van der Waals surface area contributed by atoms with Crippen LogP contribution in [0.25, 0.3) is 0 Å². The summed E-state index contributed by atoms with van der Waals surface area (Å²) in [6, 6.07) is 4.77. The number of nitrogens with one attached hydrogen (secondary N) is 1. The van der Waals surface area contributed by atoms with E-state index in [4.69, 9.17) is 11.6 Å². The average Bonchev–Trinajstić information content (AvgIpc) is 2.35. The van der Waals surface area contributed by atoms with Crippen molar-refractivity contribution in [2.45, 2.75) is 25.9 Å². The summed E-state index contributed by atoms with van der Waals surface area (Å²) in [4.78, 5) is 14.0. The molecular weight excluding hydrogens is 255 g/mol. The topological polar surface area (TPSA) is 32.3 Å². The summed E-state index contributed by atoms with van der Waals surface area (Å²) in [7, 11) is 0. The van der Waals surface area contributed by atoms with Crippen molar-refractivity contribution in [2.24, 2.45) is 0 Å². The first-order valence-corrected chi connectivity index (χ1v) is 6.37. The van der Waals surface area contributed by atoms with Crippen LogP contribution in [-0.2, 0) is 0 Å². The Hall–Kier alpha value is -1.13. The maximum Gasteiger partial charge on any atom is 0.257 e. The summed E-state index contributed by atoms with van der Waals surface area (Å²) < 4.78 is 13.8. The fraction of sp³-hybridized carbons (Fsp3) is 0.462. The van der Waals surface area contributed by atoms with E-state index in [1.165, 1.54) is 12.1 Å². The lowest BCUT2D eigenvalue weighted by Gasteiger charge is -2.37. The van der Waals surface area contributed by atoms with E-state index in [2.05, 4.69) is 5.32 Å². The molecule has 1 aliphatic heterocycles. The molecule has 0 aromatic heterocycles. The normalized spacial score (nSPS) is 24.1. The van der Waals surface area contributed by atoms with Gasteiger partial charge in [0.25, 0.3) is 5.91 Å². The Kier molecular flexibility index (Phi) is 3.88. The Labute approximate surface area is 111 Å². The molecule has 3 nitrogen and oxygen atoms in total. The van der Waals surface area contributed by atoms with Gasteiger partial charge in [0.15, 0.2) is 5.82 Å². The zero-order valence-corrected chi connectivity index (χ0v) is 11.2. The van der Waals surface area contributed by atoms with Crippen molar-refractivity contribution in [3.63, 3.8) is 0 Å². The molecule has 2 unspecified atom stereocenters. The average molecular weight is 271 g/mol. The summed E-state index contributed by atoms with van der Waals surface area (Å²) >= 11 is 5.70. The standard InChI is InChI=1S/C13H16ClFN2O/c1-8-7-17(9(2)6-16-8)13(18)10-4-3-5-11(14)12(10)15/h3-5,8-9,16H,6-7H2,1-2H3. The van der Waals surface area contributed by atoms with E-state index in [0.29, 0.717) is 6.54 Å².